The van der Waals surface area contributed by atoms with E-state index in [0.717, 1.165) is 18.6 Å². The van der Waals surface area contributed by atoms with Gasteiger partial charge in [-0.25, -0.2) is 0 Å². The number of carbonyl (C=O) groups is 1. The third-order valence-corrected chi connectivity index (χ3v) is 4.34. The normalized spacial score (nSPS) is 16.0. The summed E-state index contributed by atoms with van der Waals surface area (Å²) in [5.41, 5.74) is -0.827. The number of hydrogen-bond donors (Lipinski definition) is 4. The van der Waals surface area contributed by atoms with Gasteiger partial charge < -0.3 is 20.6 Å². The number of hydrogen-bond acceptors (Lipinski definition) is 5. The van der Waals surface area contributed by atoms with Gasteiger partial charge in [0.05, 0.1) is 12.7 Å². The van der Waals surface area contributed by atoms with Crippen molar-refractivity contribution in [2.24, 2.45) is 0 Å². The Kier molecular flexibility index (Phi) is 10.3. The Morgan fingerprint density at radius 2 is 2.11 bits per heavy atom. The van der Waals surface area contributed by atoms with Crippen molar-refractivity contribution >= 4 is 17.7 Å². The summed E-state index contributed by atoms with van der Waals surface area (Å²) in [7, 11) is 0. The molecule has 0 aromatic heterocycles. The highest BCUT2D eigenvalue weighted by Crippen LogP contribution is 2.20. The van der Waals surface area contributed by atoms with Crippen molar-refractivity contribution in [2.75, 3.05) is 24.7 Å². The fourth-order valence-corrected chi connectivity index (χ4v) is 2.73. The van der Waals surface area contributed by atoms with E-state index in [4.69, 9.17) is 5.11 Å². The van der Waals surface area contributed by atoms with Crippen LogP contribution in [0.15, 0.2) is 0 Å². The van der Waals surface area contributed by atoms with Crippen LogP contribution in [-0.4, -0.2) is 57.6 Å². The Labute approximate surface area is 119 Å². The van der Waals surface area contributed by atoms with Gasteiger partial charge in [-0.1, -0.05) is 13.8 Å². The first kappa shape index (κ1) is 18.7. The highest BCUT2D eigenvalue weighted by atomic mass is 32.2. The summed E-state index contributed by atoms with van der Waals surface area (Å²) in [6.07, 6.45) is 2.15. The predicted octanol–water partition coefficient (Wildman–Crippen LogP) is 1.09. The molecule has 0 aliphatic carbocycles. The summed E-state index contributed by atoms with van der Waals surface area (Å²) >= 11 is 1.54. The zero-order valence-corrected chi connectivity index (χ0v) is 12.7. The average molecular weight is 293 g/mol. The molecule has 0 amide bonds. The van der Waals surface area contributed by atoms with Gasteiger partial charge >= 0.3 is 5.97 Å². The highest BCUT2D eigenvalue weighted by molar-refractivity contribution is 7.99. The maximum absolute atomic E-state index is 11.4. The molecule has 0 radical (unpaired) electrons. The van der Waals surface area contributed by atoms with E-state index < -0.39 is 17.6 Å². The first-order chi connectivity index (χ1) is 9.02. The number of rotatable bonds is 12. The molecule has 0 aromatic carbocycles. The topological polar surface area (TPSA) is 89.8 Å². The van der Waals surface area contributed by atoms with Crippen molar-refractivity contribution in [3.8, 4) is 0 Å². The predicted molar refractivity (Wildman–Crippen MR) is 78.6 cm³/mol. The third-order valence-electron chi connectivity index (χ3n) is 3.14. The summed E-state index contributed by atoms with van der Waals surface area (Å²) in [5.74, 6) is 0.495. The van der Waals surface area contributed by atoms with Gasteiger partial charge in [-0.3, -0.25) is 4.79 Å². The summed E-state index contributed by atoms with van der Waals surface area (Å²) in [6, 6.07) is 0. The molecule has 2 unspecified atom stereocenters. The minimum absolute atomic E-state index is 0.223. The van der Waals surface area contributed by atoms with Gasteiger partial charge in [0.1, 0.15) is 5.54 Å². The fraction of sp³-hybridized carbons (Fsp3) is 0.923. The average Bonchev–Trinajstić information content (AvgIpc) is 2.41. The lowest BCUT2D eigenvalue weighted by Gasteiger charge is -2.29. The molecule has 0 fully saturated rings. The largest absolute Gasteiger partial charge is 0.480 e. The second kappa shape index (κ2) is 10.5. The Morgan fingerprint density at radius 3 is 2.58 bits per heavy atom. The number of aliphatic hydroxyl groups excluding tert-OH is 2. The Bertz CT molecular complexity index is 253. The highest BCUT2D eigenvalue weighted by Gasteiger charge is 2.35. The standard InChI is InChI=1S/C13H27NO4S/c1-3-7-14-13(4-2,12(17)18)6-5-8-19-10-11(16)9-15/h11,14-16H,3-10H2,1-2H3,(H,17,18). The molecule has 2 atom stereocenters. The number of thioether (sulfide) groups is 1. The summed E-state index contributed by atoms with van der Waals surface area (Å²) in [5, 5.41) is 30.4. The molecule has 19 heavy (non-hydrogen) atoms. The SMILES string of the molecule is CCCNC(CC)(CCCSCC(O)CO)C(=O)O. The van der Waals surface area contributed by atoms with Crippen LogP contribution < -0.4 is 5.32 Å². The van der Waals surface area contributed by atoms with Crippen molar-refractivity contribution in [2.45, 2.75) is 51.2 Å². The van der Waals surface area contributed by atoms with Crippen LogP contribution in [0.25, 0.3) is 0 Å². The van der Waals surface area contributed by atoms with Crippen LogP contribution in [0.2, 0.25) is 0 Å². The van der Waals surface area contributed by atoms with Crippen molar-refractivity contribution in [3.05, 3.63) is 0 Å². The molecule has 4 N–H and O–H groups in total. The zero-order chi connectivity index (χ0) is 14.7. The summed E-state index contributed by atoms with van der Waals surface area (Å²) in [4.78, 5) is 11.4. The molecule has 0 spiro atoms. The zero-order valence-electron chi connectivity index (χ0n) is 11.9. The lowest BCUT2D eigenvalue weighted by Crippen LogP contribution is -2.52. The van der Waals surface area contributed by atoms with Crippen molar-refractivity contribution < 1.29 is 20.1 Å². The van der Waals surface area contributed by atoms with E-state index in [1.165, 1.54) is 0 Å². The van der Waals surface area contributed by atoms with Gasteiger partial charge in [-0.15, -0.1) is 0 Å². The van der Waals surface area contributed by atoms with E-state index in [1.54, 1.807) is 11.8 Å². The number of carboxylic acids is 1. The Hall–Kier alpha value is -0.300. The van der Waals surface area contributed by atoms with Gasteiger partial charge in [0.15, 0.2) is 0 Å². The maximum atomic E-state index is 11.4. The van der Waals surface area contributed by atoms with E-state index in [1.807, 2.05) is 13.8 Å². The lowest BCUT2D eigenvalue weighted by atomic mass is 9.90. The van der Waals surface area contributed by atoms with Gasteiger partial charge in [0.2, 0.25) is 0 Å². The van der Waals surface area contributed by atoms with E-state index >= 15 is 0 Å². The number of aliphatic hydroxyl groups is 2. The molecule has 0 heterocycles. The Morgan fingerprint density at radius 1 is 1.42 bits per heavy atom. The van der Waals surface area contributed by atoms with Crippen LogP contribution in [0.4, 0.5) is 0 Å². The molecule has 5 nitrogen and oxygen atoms in total. The molecule has 114 valence electrons. The molecular weight excluding hydrogens is 266 g/mol. The van der Waals surface area contributed by atoms with Crippen LogP contribution in [0.1, 0.15) is 39.5 Å². The monoisotopic (exact) mass is 293 g/mol. The second-order valence-electron chi connectivity index (χ2n) is 4.68. The third kappa shape index (κ3) is 7.15. The minimum atomic E-state index is -0.827. The lowest BCUT2D eigenvalue weighted by molar-refractivity contribution is -0.145. The minimum Gasteiger partial charge on any atom is -0.480 e. The molecule has 0 aromatic rings. The van der Waals surface area contributed by atoms with Crippen LogP contribution >= 0.6 is 11.8 Å². The molecule has 0 aliphatic rings. The van der Waals surface area contributed by atoms with Gasteiger partial charge in [-0.05, 0) is 38.0 Å². The van der Waals surface area contributed by atoms with Gasteiger partial charge in [0.25, 0.3) is 0 Å². The van der Waals surface area contributed by atoms with E-state index in [9.17, 15) is 15.0 Å². The molecule has 0 aliphatic heterocycles. The smallest absolute Gasteiger partial charge is 0.323 e. The molecule has 0 rings (SSSR count). The second-order valence-corrected chi connectivity index (χ2v) is 5.83. The first-order valence-corrected chi connectivity index (χ1v) is 8.03. The van der Waals surface area contributed by atoms with Crippen LogP contribution in [0.3, 0.4) is 0 Å². The van der Waals surface area contributed by atoms with Crippen LogP contribution in [0.5, 0.6) is 0 Å². The number of aliphatic carboxylic acids is 1. The van der Waals surface area contributed by atoms with E-state index in [0.29, 0.717) is 25.1 Å². The first-order valence-electron chi connectivity index (χ1n) is 6.87. The van der Waals surface area contributed by atoms with Crippen LogP contribution in [0, 0.1) is 0 Å². The van der Waals surface area contributed by atoms with Crippen LogP contribution in [-0.2, 0) is 4.79 Å². The molecule has 0 bridgehead atoms. The maximum Gasteiger partial charge on any atom is 0.323 e. The summed E-state index contributed by atoms with van der Waals surface area (Å²) < 4.78 is 0. The van der Waals surface area contributed by atoms with Gasteiger partial charge in [-0.2, -0.15) is 11.8 Å². The Balaban J connectivity index is 4.09. The molecule has 0 saturated carbocycles. The molecule has 6 heteroatoms. The number of carboxylic acid groups (broad SMARTS) is 1. The van der Waals surface area contributed by atoms with Crippen molar-refractivity contribution in [1.82, 2.24) is 5.32 Å². The molecule has 0 saturated heterocycles. The van der Waals surface area contributed by atoms with Crippen molar-refractivity contribution in [3.63, 3.8) is 0 Å². The fourth-order valence-electron chi connectivity index (χ4n) is 1.84. The van der Waals surface area contributed by atoms with Crippen molar-refractivity contribution in [1.29, 1.82) is 0 Å². The van der Waals surface area contributed by atoms with E-state index in [2.05, 4.69) is 5.32 Å². The van der Waals surface area contributed by atoms with E-state index in [-0.39, 0.29) is 6.61 Å². The molecular formula is C13H27NO4S. The van der Waals surface area contributed by atoms with Gasteiger partial charge in [0, 0.05) is 5.75 Å². The number of nitrogens with one attached hydrogen (secondary N) is 1. The summed E-state index contributed by atoms with van der Waals surface area (Å²) in [6.45, 7) is 4.39. The quantitative estimate of drug-likeness (QED) is 0.403.